The van der Waals surface area contributed by atoms with Crippen LogP contribution in [0, 0.1) is 11.8 Å². The second-order valence-corrected chi connectivity index (χ2v) is 13.7. The smallest absolute Gasteiger partial charge is 0.410 e. The van der Waals surface area contributed by atoms with E-state index < -0.39 is 35.7 Å². The summed E-state index contributed by atoms with van der Waals surface area (Å²) in [5, 5.41) is 14.9. The molecule has 0 aliphatic rings. The molecule has 10 heteroatoms. The zero-order valence-corrected chi connectivity index (χ0v) is 28.2. The number of carboxylic acids is 1. The molecule has 4 unspecified atom stereocenters. The summed E-state index contributed by atoms with van der Waals surface area (Å²) >= 11 is 1.33. The van der Waals surface area contributed by atoms with Crippen LogP contribution in [0.15, 0.2) is 66.0 Å². The van der Waals surface area contributed by atoms with Crippen LogP contribution in [-0.4, -0.2) is 57.7 Å². The van der Waals surface area contributed by atoms with Gasteiger partial charge in [0.2, 0.25) is 0 Å². The number of aliphatic carboxylic acids is 1. The molecule has 1 aromatic heterocycles. The van der Waals surface area contributed by atoms with Crippen LogP contribution in [0.4, 0.5) is 4.79 Å². The normalized spacial score (nSPS) is 14.3. The van der Waals surface area contributed by atoms with Crippen molar-refractivity contribution in [1.82, 2.24) is 15.2 Å². The van der Waals surface area contributed by atoms with Gasteiger partial charge in [-0.25, -0.2) is 9.78 Å². The van der Waals surface area contributed by atoms with Crippen molar-refractivity contribution in [3.05, 3.63) is 87.9 Å². The highest BCUT2D eigenvalue weighted by Gasteiger charge is 2.32. The van der Waals surface area contributed by atoms with E-state index in [1.165, 1.54) is 11.3 Å². The average Bonchev–Trinajstić information content (AvgIpc) is 3.47. The van der Waals surface area contributed by atoms with Crippen LogP contribution in [-0.2, 0) is 27.3 Å². The number of aromatic nitrogens is 1. The molecule has 0 fully saturated rings. The van der Waals surface area contributed by atoms with Gasteiger partial charge in [0.05, 0.1) is 12.5 Å². The fraction of sp³-hybridized carbons (Fsp3) is 0.486. The number of thiazole rings is 1. The lowest BCUT2D eigenvalue weighted by molar-refractivity contribution is -0.141. The van der Waals surface area contributed by atoms with Crippen molar-refractivity contribution < 1.29 is 29.0 Å². The van der Waals surface area contributed by atoms with Gasteiger partial charge in [-0.3, -0.25) is 9.59 Å². The van der Waals surface area contributed by atoms with E-state index in [0.717, 1.165) is 11.1 Å². The molecule has 0 radical (unpaired) electrons. The standard InChI is InChI=1S/C35H47N3O6S/c1-23(2)29(38(7)34(42)44-35(4,5)6)20-30(43-21-26-16-12-9-13-17-26)32-37-28(22-45-32)31(39)36-27(18-24(3)33(40)41)19-25-14-10-8-11-15-25/h8-17,22-24,27,29-30H,18-21H2,1-7H3,(H,36,39)(H,40,41). The third kappa shape index (κ3) is 11.6. The van der Waals surface area contributed by atoms with Crippen LogP contribution in [0.2, 0.25) is 0 Å². The number of rotatable bonds is 15. The molecule has 0 aliphatic carbocycles. The molecule has 0 aliphatic heterocycles. The Hall–Kier alpha value is -3.76. The molecular weight excluding hydrogens is 590 g/mol. The minimum atomic E-state index is -0.910. The predicted molar refractivity (Wildman–Crippen MR) is 176 cm³/mol. The lowest BCUT2D eigenvalue weighted by Crippen LogP contribution is -2.44. The molecule has 2 aromatic carbocycles. The van der Waals surface area contributed by atoms with Crippen molar-refractivity contribution in [1.29, 1.82) is 0 Å². The number of benzene rings is 2. The van der Waals surface area contributed by atoms with Gasteiger partial charge in [0.1, 0.15) is 22.4 Å². The van der Waals surface area contributed by atoms with E-state index in [1.54, 1.807) is 24.3 Å². The molecular formula is C35H47N3O6S. The quantitative estimate of drug-likeness (QED) is 0.182. The van der Waals surface area contributed by atoms with Crippen LogP contribution in [0.1, 0.15) is 87.1 Å². The number of ether oxygens (including phenoxy) is 2. The van der Waals surface area contributed by atoms with Crippen molar-refractivity contribution in [2.75, 3.05) is 7.05 Å². The van der Waals surface area contributed by atoms with Crippen molar-refractivity contribution in [3.63, 3.8) is 0 Å². The molecule has 2 N–H and O–H groups in total. The van der Waals surface area contributed by atoms with Crippen LogP contribution in [0.25, 0.3) is 0 Å². The molecule has 3 aromatic rings. The number of amides is 2. The van der Waals surface area contributed by atoms with Gasteiger partial charge in [0, 0.05) is 30.9 Å². The summed E-state index contributed by atoms with van der Waals surface area (Å²) in [6, 6.07) is 18.9. The van der Waals surface area contributed by atoms with E-state index in [4.69, 9.17) is 14.5 Å². The van der Waals surface area contributed by atoms with Crippen LogP contribution in [0.5, 0.6) is 0 Å². The molecule has 3 rings (SSSR count). The molecule has 0 saturated heterocycles. The maximum Gasteiger partial charge on any atom is 0.410 e. The topological polar surface area (TPSA) is 118 Å². The Morgan fingerprint density at radius 3 is 2.11 bits per heavy atom. The number of carboxylic acid groups (broad SMARTS) is 1. The maximum absolute atomic E-state index is 13.4. The highest BCUT2D eigenvalue weighted by Crippen LogP contribution is 2.31. The molecule has 1 heterocycles. The number of nitrogens with one attached hydrogen (secondary N) is 1. The third-order valence-corrected chi connectivity index (χ3v) is 8.38. The summed E-state index contributed by atoms with van der Waals surface area (Å²) in [5.74, 6) is -1.82. The summed E-state index contributed by atoms with van der Waals surface area (Å²) in [5.41, 5.74) is 1.61. The number of carbonyl (C=O) groups is 3. The van der Waals surface area contributed by atoms with Crippen molar-refractivity contribution in [2.24, 2.45) is 11.8 Å². The fourth-order valence-electron chi connectivity index (χ4n) is 5.00. The lowest BCUT2D eigenvalue weighted by Gasteiger charge is -2.34. The van der Waals surface area contributed by atoms with Gasteiger partial charge in [-0.15, -0.1) is 11.3 Å². The molecule has 9 nitrogen and oxygen atoms in total. The van der Waals surface area contributed by atoms with E-state index in [0.29, 0.717) is 24.5 Å². The zero-order valence-electron chi connectivity index (χ0n) is 27.4. The van der Waals surface area contributed by atoms with E-state index >= 15 is 0 Å². The van der Waals surface area contributed by atoms with Gasteiger partial charge in [0.15, 0.2) is 0 Å². The first-order chi connectivity index (χ1) is 21.2. The van der Waals surface area contributed by atoms with E-state index in [-0.39, 0.29) is 30.0 Å². The van der Waals surface area contributed by atoms with E-state index in [2.05, 4.69) is 5.32 Å². The second kappa shape index (κ2) is 16.5. The number of nitrogens with zero attached hydrogens (tertiary/aromatic N) is 2. The van der Waals surface area contributed by atoms with Crippen LogP contribution >= 0.6 is 11.3 Å². The third-order valence-electron chi connectivity index (χ3n) is 7.45. The first kappa shape index (κ1) is 35.7. The highest BCUT2D eigenvalue weighted by atomic mass is 32.1. The van der Waals surface area contributed by atoms with E-state index in [9.17, 15) is 19.5 Å². The van der Waals surface area contributed by atoms with Crippen molar-refractivity contribution in [3.8, 4) is 0 Å². The van der Waals surface area contributed by atoms with Gasteiger partial charge >= 0.3 is 12.1 Å². The first-order valence-electron chi connectivity index (χ1n) is 15.4. The first-order valence-corrected chi connectivity index (χ1v) is 16.3. The fourth-order valence-corrected chi connectivity index (χ4v) is 5.86. The average molecular weight is 638 g/mol. The van der Waals surface area contributed by atoms with E-state index in [1.807, 2.05) is 95.3 Å². The molecule has 2 amide bonds. The summed E-state index contributed by atoms with van der Waals surface area (Å²) in [6.07, 6.45) is 0.310. The molecule has 0 bridgehead atoms. The predicted octanol–water partition coefficient (Wildman–Crippen LogP) is 7.13. The van der Waals surface area contributed by atoms with Crippen LogP contribution < -0.4 is 5.32 Å². The SMILES string of the molecule is CC(CC(Cc1ccccc1)NC(=O)c1csc(C(CC(C(C)C)N(C)C(=O)OC(C)(C)C)OCc2ccccc2)n1)C(=O)O. The lowest BCUT2D eigenvalue weighted by atomic mass is 9.96. The Bertz CT molecular complexity index is 1370. The summed E-state index contributed by atoms with van der Waals surface area (Å²) in [6.45, 7) is 11.6. The zero-order chi connectivity index (χ0) is 33.1. The van der Waals surface area contributed by atoms with Crippen molar-refractivity contribution in [2.45, 2.75) is 91.2 Å². The number of hydrogen-bond acceptors (Lipinski definition) is 7. The summed E-state index contributed by atoms with van der Waals surface area (Å²) in [4.78, 5) is 44.4. The largest absolute Gasteiger partial charge is 0.481 e. The Balaban J connectivity index is 1.84. The maximum atomic E-state index is 13.4. The molecule has 45 heavy (non-hydrogen) atoms. The molecule has 4 atom stereocenters. The Morgan fingerprint density at radius 1 is 0.956 bits per heavy atom. The summed E-state index contributed by atoms with van der Waals surface area (Å²) in [7, 11) is 1.73. The number of hydrogen-bond donors (Lipinski definition) is 2. The molecule has 0 saturated carbocycles. The van der Waals surface area contributed by atoms with Gasteiger partial charge < -0.3 is 24.8 Å². The second-order valence-electron chi connectivity index (χ2n) is 12.8. The van der Waals surface area contributed by atoms with Gasteiger partial charge in [-0.1, -0.05) is 81.4 Å². The summed E-state index contributed by atoms with van der Waals surface area (Å²) < 4.78 is 12.1. The van der Waals surface area contributed by atoms with Crippen molar-refractivity contribution >= 4 is 29.3 Å². The molecule has 244 valence electrons. The van der Waals surface area contributed by atoms with Gasteiger partial charge in [-0.05, 0) is 50.7 Å². The Morgan fingerprint density at radius 2 is 1.56 bits per heavy atom. The van der Waals surface area contributed by atoms with Gasteiger partial charge in [-0.2, -0.15) is 0 Å². The van der Waals surface area contributed by atoms with Crippen LogP contribution in [0.3, 0.4) is 0 Å². The number of carbonyl (C=O) groups excluding carboxylic acids is 2. The van der Waals surface area contributed by atoms with Gasteiger partial charge in [0.25, 0.3) is 5.91 Å². The highest BCUT2D eigenvalue weighted by molar-refractivity contribution is 7.09. The monoisotopic (exact) mass is 637 g/mol. The Kier molecular flexibility index (Phi) is 13.1. The minimum Gasteiger partial charge on any atom is -0.481 e. The minimum absolute atomic E-state index is 0.0862. The Labute approximate surface area is 271 Å². The molecule has 0 spiro atoms.